The summed E-state index contributed by atoms with van der Waals surface area (Å²) in [4.78, 5) is 0. The van der Waals surface area contributed by atoms with Crippen molar-refractivity contribution < 1.29 is 0 Å². The van der Waals surface area contributed by atoms with Gasteiger partial charge < -0.3 is 0 Å². The molecule has 0 radical (unpaired) electrons. The van der Waals surface area contributed by atoms with Crippen molar-refractivity contribution in [2.24, 2.45) is 5.41 Å². The van der Waals surface area contributed by atoms with Crippen molar-refractivity contribution in [3.63, 3.8) is 0 Å². The topological polar surface area (TPSA) is 0 Å². The van der Waals surface area contributed by atoms with Crippen LogP contribution in [0.3, 0.4) is 0 Å². The maximum absolute atomic E-state index is 3.78. The molecule has 64 valence electrons. The van der Waals surface area contributed by atoms with E-state index in [1.54, 1.807) is 0 Å². The minimum atomic E-state index is 0.415. The van der Waals surface area contributed by atoms with Crippen LogP contribution in [0, 0.1) is 5.41 Å². The standard InChI is InChI=1S/C11H20/c1-5-8-11(4,9-6-2)10-7-3/h5-6H,1-2,7-10H2,3-4H3. The first-order valence-corrected chi connectivity index (χ1v) is 4.40. The largest absolute Gasteiger partial charge is 0.103 e. The molecule has 0 rings (SSSR count). The van der Waals surface area contributed by atoms with Gasteiger partial charge in [-0.15, -0.1) is 13.2 Å². The summed E-state index contributed by atoms with van der Waals surface area (Å²) in [5, 5.41) is 0. The molecule has 0 atom stereocenters. The fraction of sp³-hybridized carbons (Fsp3) is 0.636. The molecule has 0 aromatic heterocycles. The third-order valence-electron chi connectivity index (χ3n) is 2.13. The van der Waals surface area contributed by atoms with Crippen LogP contribution in [-0.4, -0.2) is 0 Å². The van der Waals surface area contributed by atoms with Gasteiger partial charge in [-0.05, 0) is 24.7 Å². The maximum Gasteiger partial charge on any atom is -0.0257 e. The Hall–Kier alpha value is -0.520. The summed E-state index contributed by atoms with van der Waals surface area (Å²) in [6, 6.07) is 0. The van der Waals surface area contributed by atoms with Gasteiger partial charge in [0.15, 0.2) is 0 Å². The summed E-state index contributed by atoms with van der Waals surface area (Å²) in [6.45, 7) is 12.1. The Balaban J connectivity index is 3.98. The first-order chi connectivity index (χ1) is 5.18. The van der Waals surface area contributed by atoms with Gasteiger partial charge in [-0.2, -0.15) is 0 Å². The number of allylic oxidation sites excluding steroid dienone is 2. The highest BCUT2D eigenvalue weighted by atomic mass is 14.2. The van der Waals surface area contributed by atoms with E-state index in [1.165, 1.54) is 12.8 Å². The molecule has 0 spiro atoms. The monoisotopic (exact) mass is 152 g/mol. The molecule has 0 nitrogen and oxygen atoms in total. The molecule has 0 aliphatic heterocycles. The van der Waals surface area contributed by atoms with E-state index in [1.807, 2.05) is 12.2 Å². The highest BCUT2D eigenvalue weighted by Gasteiger charge is 2.19. The maximum atomic E-state index is 3.78. The lowest BCUT2D eigenvalue weighted by Gasteiger charge is -2.26. The van der Waals surface area contributed by atoms with Crippen LogP contribution in [0.5, 0.6) is 0 Å². The Morgan fingerprint density at radius 1 is 1.18 bits per heavy atom. The van der Waals surface area contributed by atoms with Crippen molar-refractivity contribution in [3.05, 3.63) is 25.3 Å². The quantitative estimate of drug-likeness (QED) is 0.506. The van der Waals surface area contributed by atoms with Gasteiger partial charge in [0.05, 0.1) is 0 Å². The summed E-state index contributed by atoms with van der Waals surface area (Å²) in [5.74, 6) is 0. The lowest BCUT2D eigenvalue weighted by molar-refractivity contribution is 0.301. The van der Waals surface area contributed by atoms with E-state index in [4.69, 9.17) is 0 Å². The second kappa shape index (κ2) is 5.17. The molecule has 0 aromatic carbocycles. The van der Waals surface area contributed by atoms with E-state index in [9.17, 15) is 0 Å². The summed E-state index contributed by atoms with van der Waals surface area (Å²) in [5.41, 5.74) is 0.415. The first-order valence-electron chi connectivity index (χ1n) is 4.40. The molecular formula is C11H20. The number of rotatable bonds is 6. The number of hydrogen-bond acceptors (Lipinski definition) is 0. The smallest absolute Gasteiger partial charge is 0.0257 e. The molecule has 0 aromatic rings. The Labute approximate surface area is 71.0 Å². The van der Waals surface area contributed by atoms with Gasteiger partial charge >= 0.3 is 0 Å². The summed E-state index contributed by atoms with van der Waals surface area (Å²) < 4.78 is 0. The van der Waals surface area contributed by atoms with Crippen LogP contribution in [0.2, 0.25) is 0 Å². The summed E-state index contributed by atoms with van der Waals surface area (Å²) in [7, 11) is 0. The van der Waals surface area contributed by atoms with Crippen LogP contribution in [0.4, 0.5) is 0 Å². The van der Waals surface area contributed by atoms with Crippen LogP contribution in [-0.2, 0) is 0 Å². The van der Waals surface area contributed by atoms with Crippen molar-refractivity contribution in [1.82, 2.24) is 0 Å². The van der Waals surface area contributed by atoms with Crippen molar-refractivity contribution in [2.75, 3.05) is 0 Å². The van der Waals surface area contributed by atoms with Crippen LogP contribution in [0.25, 0.3) is 0 Å². The van der Waals surface area contributed by atoms with Crippen LogP contribution in [0.1, 0.15) is 39.5 Å². The van der Waals surface area contributed by atoms with Gasteiger partial charge in [0.2, 0.25) is 0 Å². The SMILES string of the molecule is C=CCC(C)(CC=C)CCC. The van der Waals surface area contributed by atoms with E-state index < -0.39 is 0 Å². The molecule has 0 fully saturated rings. The lowest BCUT2D eigenvalue weighted by Crippen LogP contribution is -2.13. The molecule has 0 amide bonds. The van der Waals surface area contributed by atoms with Gasteiger partial charge in [0.1, 0.15) is 0 Å². The third kappa shape index (κ3) is 4.02. The molecule has 0 bridgehead atoms. The second-order valence-corrected chi connectivity index (χ2v) is 3.55. The van der Waals surface area contributed by atoms with E-state index in [2.05, 4.69) is 27.0 Å². The summed E-state index contributed by atoms with van der Waals surface area (Å²) >= 11 is 0. The van der Waals surface area contributed by atoms with Gasteiger partial charge in [-0.25, -0.2) is 0 Å². The van der Waals surface area contributed by atoms with Gasteiger partial charge in [0.25, 0.3) is 0 Å². The Bertz CT molecular complexity index is 112. The molecule has 0 aliphatic carbocycles. The van der Waals surface area contributed by atoms with Crippen molar-refractivity contribution in [2.45, 2.75) is 39.5 Å². The summed E-state index contributed by atoms with van der Waals surface area (Å²) in [6.07, 6.45) is 8.75. The van der Waals surface area contributed by atoms with Gasteiger partial charge in [-0.3, -0.25) is 0 Å². The van der Waals surface area contributed by atoms with Gasteiger partial charge in [-0.1, -0.05) is 32.4 Å². The Kier molecular flexibility index (Phi) is 4.93. The molecule has 0 aliphatic rings. The molecule has 0 N–H and O–H groups in total. The van der Waals surface area contributed by atoms with E-state index in [-0.39, 0.29) is 0 Å². The Morgan fingerprint density at radius 2 is 1.64 bits per heavy atom. The lowest BCUT2D eigenvalue weighted by atomic mass is 9.79. The molecule has 0 saturated carbocycles. The van der Waals surface area contributed by atoms with Crippen LogP contribution < -0.4 is 0 Å². The van der Waals surface area contributed by atoms with E-state index in [0.29, 0.717) is 5.41 Å². The van der Waals surface area contributed by atoms with E-state index in [0.717, 1.165) is 12.8 Å². The minimum absolute atomic E-state index is 0.415. The van der Waals surface area contributed by atoms with Crippen LogP contribution >= 0.6 is 0 Å². The molecule has 0 unspecified atom stereocenters. The second-order valence-electron chi connectivity index (χ2n) is 3.55. The number of hydrogen-bond donors (Lipinski definition) is 0. The Morgan fingerprint density at radius 3 is 1.91 bits per heavy atom. The average Bonchev–Trinajstić information content (AvgIpc) is 1.88. The van der Waals surface area contributed by atoms with Crippen molar-refractivity contribution in [1.29, 1.82) is 0 Å². The predicted molar refractivity (Wildman–Crippen MR) is 52.6 cm³/mol. The zero-order chi connectivity index (χ0) is 8.74. The zero-order valence-corrected chi connectivity index (χ0v) is 7.90. The fourth-order valence-corrected chi connectivity index (χ4v) is 1.59. The molecule has 0 heterocycles. The highest BCUT2D eigenvalue weighted by Crippen LogP contribution is 2.31. The molecule has 0 heteroatoms. The predicted octanol–water partition coefficient (Wildman–Crippen LogP) is 3.95. The fourth-order valence-electron chi connectivity index (χ4n) is 1.59. The normalized spacial score (nSPS) is 11.1. The third-order valence-corrected chi connectivity index (χ3v) is 2.13. The van der Waals surface area contributed by atoms with Crippen LogP contribution in [0.15, 0.2) is 25.3 Å². The highest BCUT2D eigenvalue weighted by molar-refractivity contribution is 4.88. The molecule has 11 heavy (non-hydrogen) atoms. The molecular weight excluding hydrogens is 132 g/mol. The van der Waals surface area contributed by atoms with Gasteiger partial charge in [0, 0.05) is 0 Å². The van der Waals surface area contributed by atoms with Crippen molar-refractivity contribution in [3.8, 4) is 0 Å². The molecule has 0 saturated heterocycles. The zero-order valence-electron chi connectivity index (χ0n) is 7.90. The average molecular weight is 152 g/mol. The minimum Gasteiger partial charge on any atom is -0.103 e. The van der Waals surface area contributed by atoms with Crippen molar-refractivity contribution >= 4 is 0 Å². The first kappa shape index (κ1) is 10.5. The van der Waals surface area contributed by atoms with E-state index >= 15 is 0 Å².